The zero-order valence-corrected chi connectivity index (χ0v) is 12.6. The lowest BCUT2D eigenvalue weighted by Crippen LogP contribution is -2.21. The van der Waals surface area contributed by atoms with Gasteiger partial charge < -0.3 is 9.73 Å². The third-order valence-electron chi connectivity index (χ3n) is 2.66. The second-order valence-electron chi connectivity index (χ2n) is 4.47. The maximum Gasteiger partial charge on any atom is 0.307 e. The highest BCUT2D eigenvalue weighted by atomic mass is 35.5. The summed E-state index contributed by atoms with van der Waals surface area (Å²) in [6, 6.07) is 10.0. The zero-order valence-electron chi connectivity index (χ0n) is 11.8. The molecule has 2 rings (SSSR count). The van der Waals surface area contributed by atoms with Crippen molar-refractivity contribution in [1.29, 1.82) is 0 Å². The SMILES string of the molecule is CC(CC(=O)Nc1ccccc1Cl)=NNC(=O)c1ccco1. The van der Waals surface area contributed by atoms with Crippen LogP contribution in [0, 0.1) is 0 Å². The number of benzene rings is 1. The number of anilines is 1. The van der Waals surface area contributed by atoms with Crippen LogP contribution < -0.4 is 10.7 Å². The van der Waals surface area contributed by atoms with Crippen LogP contribution in [-0.4, -0.2) is 17.5 Å². The molecule has 0 atom stereocenters. The van der Waals surface area contributed by atoms with E-state index in [2.05, 4.69) is 15.8 Å². The van der Waals surface area contributed by atoms with E-state index in [4.69, 9.17) is 16.0 Å². The molecule has 0 aliphatic carbocycles. The molecule has 0 radical (unpaired) electrons. The smallest absolute Gasteiger partial charge is 0.307 e. The molecule has 0 bridgehead atoms. The highest BCUT2D eigenvalue weighted by Crippen LogP contribution is 2.20. The molecular formula is C15H14ClN3O3. The van der Waals surface area contributed by atoms with E-state index in [0.717, 1.165) is 0 Å². The molecule has 2 amide bonds. The number of nitrogens with zero attached hydrogens (tertiary/aromatic N) is 1. The largest absolute Gasteiger partial charge is 0.459 e. The maximum atomic E-state index is 11.9. The van der Waals surface area contributed by atoms with Gasteiger partial charge in [0.05, 0.1) is 23.4 Å². The van der Waals surface area contributed by atoms with Crippen molar-refractivity contribution in [3.8, 4) is 0 Å². The van der Waals surface area contributed by atoms with E-state index in [1.807, 2.05) is 0 Å². The fourth-order valence-electron chi connectivity index (χ4n) is 1.64. The highest BCUT2D eigenvalue weighted by molar-refractivity contribution is 6.33. The Labute approximate surface area is 132 Å². The molecule has 0 spiro atoms. The molecule has 0 fully saturated rings. The van der Waals surface area contributed by atoms with Crippen molar-refractivity contribution >= 4 is 34.8 Å². The monoisotopic (exact) mass is 319 g/mol. The molecule has 1 heterocycles. The number of halogens is 1. The number of furan rings is 1. The predicted molar refractivity (Wildman–Crippen MR) is 84.0 cm³/mol. The van der Waals surface area contributed by atoms with E-state index < -0.39 is 5.91 Å². The van der Waals surface area contributed by atoms with Gasteiger partial charge in [0, 0.05) is 5.71 Å². The summed E-state index contributed by atoms with van der Waals surface area (Å²) in [7, 11) is 0. The van der Waals surface area contributed by atoms with Crippen LogP contribution in [0.25, 0.3) is 0 Å². The summed E-state index contributed by atoms with van der Waals surface area (Å²) in [5, 5.41) is 6.98. The Kier molecular flexibility index (Phi) is 5.32. The van der Waals surface area contributed by atoms with E-state index in [0.29, 0.717) is 16.4 Å². The van der Waals surface area contributed by atoms with Crippen molar-refractivity contribution < 1.29 is 14.0 Å². The molecule has 7 heteroatoms. The highest BCUT2D eigenvalue weighted by Gasteiger charge is 2.09. The predicted octanol–water partition coefficient (Wildman–Crippen LogP) is 3.07. The second kappa shape index (κ2) is 7.42. The van der Waals surface area contributed by atoms with E-state index in [1.54, 1.807) is 37.3 Å². The first-order chi connectivity index (χ1) is 10.6. The van der Waals surface area contributed by atoms with Gasteiger partial charge in [-0.25, -0.2) is 5.43 Å². The van der Waals surface area contributed by atoms with Crippen molar-refractivity contribution in [2.75, 3.05) is 5.32 Å². The molecule has 0 unspecified atom stereocenters. The van der Waals surface area contributed by atoms with Crippen LogP contribution in [0.15, 0.2) is 52.2 Å². The number of carbonyl (C=O) groups is 2. The fourth-order valence-corrected chi connectivity index (χ4v) is 1.82. The second-order valence-corrected chi connectivity index (χ2v) is 4.88. The van der Waals surface area contributed by atoms with Gasteiger partial charge in [0.2, 0.25) is 5.91 Å². The van der Waals surface area contributed by atoms with Gasteiger partial charge >= 0.3 is 5.91 Å². The fraction of sp³-hybridized carbons (Fsp3) is 0.133. The number of hydrogen-bond acceptors (Lipinski definition) is 4. The first kappa shape index (κ1) is 15.8. The number of amides is 2. The average molecular weight is 320 g/mol. The summed E-state index contributed by atoms with van der Waals surface area (Å²) in [6.07, 6.45) is 1.42. The molecule has 6 nitrogen and oxygen atoms in total. The summed E-state index contributed by atoms with van der Waals surface area (Å²) in [5.41, 5.74) is 3.29. The van der Waals surface area contributed by atoms with Gasteiger partial charge in [0.15, 0.2) is 5.76 Å². The Morgan fingerprint density at radius 2 is 2.00 bits per heavy atom. The molecule has 0 saturated heterocycles. The van der Waals surface area contributed by atoms with Gasteiger partial charge in [0.25, 0.3) is 0 Å². The molecular weight excluding hydrogens is 306 g/mol. The lowest BCUT2D eigenvalue weighted by molar-refractivity contribution is -0.115. The van der Waals surface area contributed by atoms with Crippen molar-refractivity contribution in [3.63, 3.8) is 0 Å². The van der Waals surface area contributed by atoms with Gasteiger partial charge in [-0.1, -0.05) is 23.7 Å². The van der Waals surface area contributed by atoms with Crippen molar-refractivity contribution in [3.05, 3.63) is 53.4 Å². The normalized spacial score (nSPS) is 11.1. The van der Waals surface area contributed by atoms with Crippen LogP contribution in [-0.2, 0) is 4.79 Å². The molecule has 0 aliphatic rings. The Hall–Kier alpha value is -2.60. The minimum Gasteiger partial charge on any atom is -0.459 e. The van der Waals surface area contributed by atoms with Crippen molar-refractivity contribution in [2.45, 2.75) is 13.3 Å². The van der Waals surface area contributed by atoms with Crippen LogP contribution in [0.2, 0.25) is 5.02 Å². The topological polar surface area (TPSA) is 83.7 Å². The van der Waals surface area contributed by atoms with E-state index in [9.17, 15) is 9.59 Å². The minimum atomic E-state index is -0.476. The summed E-state index contributed by atoms with van der Waals surface area (Å²) in [6.45, 7) is 1.63. The Balaban J connectivity index is 1.87. The summed E-state index contributed by atoms with van der Waals surface area (Å²) in [5.74, 6) is -0.602. The summed E-state index contributed by atoms with van der Waals surface area (Å²) in [4.78, 5) is 23.5. The number of nitrogens with one attached hydrogen (secondary N) is 2. The molecule has 1 aromatic carbocycles. The minimum absolute atomic E-state index is 0.0314. The number of rotatable bonds is 5. The number of para-hydroxylation sites is 1. The zero-order chi connectivity index (χ0) is 15.9. The summed E-state index contributed by atoms with van der Waals surface area (Å²) < 4.78 is 4.93. The van der Waals surface area contributed by atoms with Gasteiger partial charge in [-0.3, -0.25) is 9.59 Å². The van der Waals surface area contributed by atoms with Crippen LogP contribution in [0.1, 0.15) is 23.9 Å². The van der Waals surface area contributed by atoms with Gasteiger partial charge in [0.1, 0.15) is 0 Å². The standard InChI is InChI=1S/C15H14ClN3O3/c1-10(18-19-15(21)13-7-4-8-22-13)9-14(20)17-12-6-3-2-5-11(12)16/h2-8H,9H2,1H3,(H,17,20)(H,19,21). The van der Waals surface area contributed by atoms with Crippen LogP contribution >= 0.6 is 11.6 Å². The molecule has 2 aromatic rings. The first-order valence-corrected chi connectivity index (χ1v) is 6.85. The number of carbonyl (C=O) groups excluding carboxylic acids is 2. The molecule has 0 saturated carbocycles. The van der Waals surface area contributed by atoms with E-state index >= 15 is 0 Å². The van der Waals surface area contributed by atoms with Gasteiger partial charge in [-0.05, 0) is 31.2 Å². The third kappa shape index (κ3) is 4.46. The molecule has 0 aliphatic heterocycles. The van der Waals surface area contributed by atoms with Crippen LogP contribution in [0.3, 0.4) is 0 Å². The van der Waals surface area contributed by atoms with Crippen LogP contribution in [0.5, 0.6) is 0 Å². The maximum absolute atomic E-state index is 11.9. The van der Waals surface area contributed by atoms with Crippen molar-refractivity contribution in [1.82, 2.24) is 5.43 Å². The number of hydrogen-bond donors (Lipinski definition) is 2. The molecule has 22 heavy (non-hydrogen) atoms. The van der Waals surface area contributed by atoms with E-state index in [-0.39, 0.29) is 18.1 Å². The summed E-state index contributed by atoms with van der Waals surface area (Å²) >= 11 is 5.95. The Morgan fingerprint density at radius 3 is 2.68 bits per heavy atom. The Bertz CT molecular complexity index is 696. The molecule has 1 aromatic heterocycles. The quantitative estimate of drug-likeness (QED) is 0.656. The molecule has 114 valence electrons. The lowest BCUT2D eigenvalue weighted by Gasteiger charge is -2.06. The van der Waals surface area contributed by atoms with Gasteiger partial charge in [-0.2, -0.15) is 5.10 Å². The van der Waals surface area contributed by atoms with Crippen LogP contribution in [0.4, 0.5) is 5.69 Å². The third-order valence-corrected chi connectivity index (χ3v) is 2.99. The molecule has 2 N–H and O–H groups in total. The number of hydrazone groups is 1. The first-order valence-electron chi connectivity index (χ1n) is 6.47. The van der Waals surface area contributed by atoms with E-state index in [1.165, 1.54) is 12.3 Å². The Morgan fingerprint density at radius 1 is 1.23 bits per heavy atom. The lowest BCUT2D eigenvalue weighted by atomic mass is 10.2. The van der Waals surface area contributed by atoms with Crippen molar-refractivity contribution in [2.24, 2.45) is 5.10 Å². The van der Waals surface area contributed by atoms with Gasteiger partial charge in [-0.15, -0.1) is 0 Å². The average Bonchev–Trinajstić information content (AvgIpc) is 3.01.